The fraction of sp³-hybridized carbons (Fsp3) is 0.533. The minimum atomic E-state index is 0.559. The number of ether oxygens (including phenoxy) is 2. The van der Waals surface area contributed by atoms with Crippen LogP contribution in [0.15, 0.2) is 30.3 Å². The van der Waals surface area contributed by atoms with Crippen molar-refractivity contribution in [2.24, 2.45) is 0 Å². The van der Waals surface area contributed by atoms with E-state index in [2.05, 4.69) is 11.0 Å². The number of hydrogen-bond acceptors (Lipinski definition) is 4. The summed E-state index contributed by atoms with van der Waals surface area (Å²) in [6, 6.07) is 12.0. The fourth-order valence-corrected chi connectivity index (χ4v) is 1.76. The third-order valence-electron chi connectivity index (χ3n) is 2.78. The van der Waals surface area contributed by atoms with Gasteiger partial charge in [-0.1, -0.05) is 18.2 Å². The van der Waals surface area contributed by atoms with E-state index < -0.39 is 0 Å². The van der Waals surface area contributed by atoms with Crippen molar-refractivity contribution < 1.29 is 9.47 Å². The molecule has 0 unspecified atom stereocenters. The third kappa shape index (κ3) is 7.45. The van der Waals surface area contributed by atoms with Crippen molar-refractivity contribution in [3.63, 3.8) is 0 Å². The highest BCUT2D eigenvalue weighted by atomic mass is 16.5. The van der Waals surface area contributed by atoms with Gasteiger partial charge in [0.25, 0.3) is 0 Å². The molecule has 0 aliphatic heterocycles. The van der Waals surface area contributed by atoms with Crippen molar-refractivity contribution in [1.82, 2.24) is 4.90 Å². The van der Waals surface area contributed by atoms with E-state index in [-0.39, 0.29) is 0 Å². The molecule has 0 bridgehead atoms. The Morgan fingerprint density at radius 1 is 1.11 bits per heavy atom. The molecule has 4 nitrogen and oxygen atoms in total. The van der Waals surface area contributed by atoms with Crippen LogP contribution in [0.1, 0.15) is 12.8 Å². The molecule has 1 aromatic carbocycles. The molecule has 0 spiro atoms. The molecule has 1 rings (SSSR count). The van der Waals surface area contributed by atoms with Crippen molar-refractivity contribution in [2.75, 3.05) is 40.0 Å². The highest BCUT2D eigenvalue weighted by Gasteiger charge is 2.04. The summed E-state index contributed by atoms with van der Waals surface area (Å²) in [6.07, 6.45) is 1.51. The smallest absolute Gasteiger partial charge is 0.119 e. The van der Waals surface area contributed by atoms with Crippen LogP contribution in [0.25, 0.3) is 0 Å². The van der Waals surface area contributed by atoms with E-state index in [4.69, 9.17) is 14.7 Å². The van der Waals surface area contributed by atoms with E-state index in [0.717, 1.165) is 31.8 Å². The van der Waals surface area contributed by atoms with Gasteiger partial charge in [-0.2, -0.15) is 5.26 Å². The first-order chi connectivity index (χ1) is 9.36. The van der Waals surface area contributed by atoms with E-state index in [1.165, 1.54) is 0 Å². The Kier molecular flexibility index (Phi) is 8.45. The van der Waals surface area contributed by atoms with Gasteiger partial charge in [0.2, 0.25) is 0 Å². The standard InChI is InChI=1S/C15H22N2O2/c1-18-14-12-17(10-5-9-16)11-6-13-19-15-7-3-2-4-8-15/h2-4,7-8H,5-6,10-14H2,1H3. The summed E-state index contributed by atoms with van der Waals surface area (Å²) in [7, 11) is 1.70. The van der Waals surface area contributed by atoms with Crippen molar-refractivity contribution in [3.8, 4) is 11.8 Å². The molecule has 0 radical (unpaired) electrons. The van der Waals surface area contributed by atoms with Crippen LogP contribution in [-0.4, -0.2) is 44.9 Å². The predicted molar refractivity (Wildman–Crippen MR) is 75.1 cm³/mol. The lowest BCUT2D eigenvalue weighted by Crippen LogP contribution is -2.30. The first-order valence-corrected chi connectivity index (χ1v) is 6.63. The van der Waals surface area contributed by atoms with E-state index in [0.29, 0.717) is 19.6 Å². The number of methoxy groups -OCH3 is 1. The zero-order valence-corrected chi connectivity index (χ0v) is 11.5. The molecule has 104 valence electrons. The lowest BCUT2D eigenvalue weighted by atomic mass is 10.3. The topological polar surface area (TPSA) is 45.5 Å². The van der Waals surface area contributed by atoms with Gasteiger partial charge in [-0.3, -0.25) is 4.90 Å². The second kappa shape index (κ2) is 10.4. The van der Waals surface area contributed by atoms with Gasteiger partial charge in [0.05, 0.1) is 19.3 Å². The van der Waals surface area contributed by atoms with Gasteiger partial charge in [0.1, 0.15) is 5.75 Å². The van der Waals surface area contributed by atoms with Crippen LogP contribution in [-0.2, 0) is 4.74 Å². The minimum Gasteiger partial charge on any atom is -0.494 e. The summed E-state index contributed by atoms with van der Waals surface area (Å²) in [4.78, 5) is 2.24. The molecule has 19 heavy (non-hydrogen) atoms. The van der Waals surface area contributed by atoms with E-state index in [1.54, 1.807) is 7.11 Å². The molecule has 4 heteroatoms. The second-order valence-corrected chi connectivity index (χ2v) is 4.26. The molecule has 0 saturated heterocycles. The van der Waals surface area contributed by atoms with Crippen molar-refractivity contribution in [3.05, 3.63) is 30.3 Å². The molecule has 0 N–H and O–H groups in total. The maximum Gasteiger partial charge on any atom is 0.119 e. The zero-order chi connectivity index (χ0) is 13.8. The number of rotatable bonds is 10. The quantitative estimate of drug-likeness (QED) is 0.607. The average Bonchev–Trinajstić information content (AvgIpc) is 2.46. The van der Waals surface area contributed by atoms with Crippen molar-refractivity contribution >= 4 is 0 Å². The second-order valence-electron chi connectivity index (χ2n) is 4.26. The Morgan fingerprint density at radius 3 is 2.58 bits per heavy atom. The van der Waals surface area contributed by atoms with Gasteiger partial charge < -0.3 is 9.47 Å². The van der Waals surface area contributed by atoms with Gasteiger partial charge in [-0.05, 0) is 18.6 Å². The maximum atomic E-state index is 8.63. The van der Waals surface area contributed by atoms with Gasteiger partial charge in [-0.15, -0.1) is 0 Å². The zero-order valence-electron chi connectivity index (χ0n) is 11.5. The van der Waals surface area contributed by atoms with Crippen LogP contribution < -0.4 is 4.74 Å². The summed E-state index contributed by atoms with van der Waals surface area (Å²) in [5.74, 6) is 0.906. The Bertz CT molecular complexity index is 362. The lowest BCUT2D eigenvalue weighted by Gasteiger charge is -2.20. The highest BCUT2D eigenvalue weighted by molar-refractivity contribution is 5.20. The number of benzene rings is 1. The van der Waals surface area contributed by atoms with Crippen LogP contribution in [0.5, 0.6) is 5.75 Å². The number of para-hydroxylation sites is 1. The molecule has 0 fully saturated rings. The first kappa shape index (κ1) is 15.5. The largest absolute Gasteiger partial charge is 0.494 e. The average molecular weight is 262 g/mol. The van der Waals surface area contributed by atoms with Crippen molar-refractivity contribution in [2.45, 2.75) is 12.8 Å². The summed E-state index contributed by atoms with van der Waals surface area (Å²) in [6.45, 7) is 3.98. The Morgan fingerprint density at radius 2 is 1.89 bits per heavy atom. The summed E-state index contributed by atoms with van der Waals surface area (Å²) < 4.78 is 10.7. The monoisotopic (exact) mass is 262 g/mol. The normalized spacial score (nSPS) is 10.4. The van der Waals surface area contributed by atoms with E-state index in [9.17, 15) is 0 Å². The lowest BCUT2D eigenvalue weighted by molar-refractivity contribution is 0.144. The van der Waals surface area contributed by atoms with Gasteiger partial charge in [0.15, 0.2) is 0 Å². The summed E-state index contributed by atoms with van der Waals surface area (Å²) >= 11 is 0. The molecule has 0 aliphatic rings. The maximum absolute atomic E-state index is 8.63. The molecular weight excluding hydrogens is 240 g/mol. The SMILES string of the molecule is COCCN(CCC#N)CCCOc1ccccc1. The Balaban J connectivity index is 2.18. The highest BCUT2D eigenvalue weighted by Crippen LogP contribution is 2.08. The molecule has 1 aromatic rings. The van der Waals surface area contributed by atoms with Gasteiger partial charge >= 0.3 is 0 Å². The molecule has 0 aliphatic carbocycles. The van der Waals surface area contributed by atoms with Crippen LogP contribution in [0, 0.1) is 11.3 Å². The predicted octanol–water partition coefficient (Wildman–Crippen LogP) is 2.32. The molecule has 0 amide bonds. The summed E-state index contributed by atoms with van der Waals surface area (Å²) in [5, 5.41) is 8.63. The first-order valence-electron chi connectivity index (χ1n) is 6.63. The van der Waals surface area contributed by atoms with E-state index in [1.807, 2.05) is 30.3 Å². The number of nitriles is 1. The van der Waals surface area contributed by atoms with E-state index >= 15 is 0 Å². The fourth-order valence-electron chi connectivity index (χ4n) is 1.76. The Labute approximate surface area is 115 Å². The van der Waals surface area contributed by atoms with Crippen LogP contribution in [0.2, 0.25) is 0 Å². The van der Waals surface area contributed by atoms with Gasteiger partial charge in [0, 0.05) is 33.2 Å². The van der Waals surface area contributed by atoms with Crippen LogP contribution in [0.3, 0.4) is 0 Å². The molecule has 0 saturated carbocycles. The summed E-state index contributed by atoms with van der Waals surface area (Å²) in [5.41, 5.74) is 0. The number of hydrogen-bond donors (Lipinski definition) is 0. The van der Waals surface area contributed by atoms with Gasteiger partial charge in [-0.25, -0.2) is 0 Å². The Hall–Kier alpha value is -1.57. The molecule has 0 atom stereocenters. The molecular formula is C15H22N2O2. The number of nitrogens with zero attached hydrogens (tertiary/aromatic N) is 2. The van der Waals surface area contributed by atoms with Crippen LogP contribution in [0.4, 0.5) is 0 Å². The van der Waals surface area contributed by atoms with Crippen LogP contribution >= 0.6 is 0 Å². The molecule has 0 heterocycles. The third-order valence-corrected chi connectivity index (χ3v) is 2.78. The molecule has 0 aromatic heterocycles. The van der Waals surface area contributed by atoms with Crippen molar-refractivity contribution in [1.29, 1.82) is 5.26 Å². The minimum absolute atomic E-state index is 0.559.